The van der Waals surface area contributed by atoms with Gasteiger partial charge in [0.1, 0.15) is 28.8 Å². The van der Waals surface area contributed by atoms with Gasteiger partial charge in [0.05, 0.1) is 5.56 Å². The SMILES string of the molecule is N=C(N)c1ccc(C(NC(=O)CCCCCNC(=S)Nc2ccc3c(c2)C(=O)OC32c3ccc(O)cc3Oc3cc(O)ccc32)P(=O)(O)O)cc1. The molecule has 16 heteroatoms. The lowest BCUT2D eigenvalue weighted by molar-refractivity contribution is -0.121. The first-order valence-corrected chi connectivity index (χ1v) is 17.9. The smallest absolute Gasteiger partial charge is 0.352 e. The van der Waals surface area contributed by atoms with E-state index in [4.69, 9.17) is 32.8 Å². The zero-order chi connectivity index (χ0) is 36.5. The van der Waals surface area contributed by atoms with Crippen LogP contribution in [0.3, 0.4) is 0 Å². The third kappa shape index (κ3) is 7.23. The van der Waals surface area contributed by atoms with Gasteiger partial charge in [-0.25, -0.2) is 4.79 Å². The van der Waals surface area contributed by atoms with Gasteiger partial charge in [0.25, 0.3) is 0 Å². The number of esters is 1. The highest BCUT2D eigenvalue weighted by molar-refractivity contribution is 7.80. The number of carbonyl (C=O) groups excluding carboxylic acids is 2. The van der Waals surface area contributed by atoms with Gasteiger partial charge in [0.2, 0.25) is 5.91 Å². The number of benzene rings is 4. The minimum Gasteiger partial charge on any atom is -0.508 e. The fourth-order valence-electron chi connectivity index (χ4n) is 6.18. The molecule has 1 unspecified atom stereocenters. The Balaban J connectivity index is 1.03. The second-order valence-corrected chi connectivity index (χ2v) is 14.2. The Labute approximate surface area is 297 Å². The summed E-state index contributed by atoms with van der Waals surface area (Å²) < 4.78 is 24.2. The molecule has 0 bridgehead atoms. The van der Waals surface area contributed by atoms with Crippen molar-refractivity contribution >= 4 is 48.3 Å². The first-order valence-electron chi connectivity index (χ1n) is 15.8. The number of hydrogen-bond acceptors (Lipinski definition) is 9. The average molecular weight is 732 g/mol. The van der Waals surface area contributed by atoms with E-state index in [1.54, 1.807) is 30.3 Å². The van der Waals surface area contributed by atoms with Crippen molar-refractivity contribution in [2.24, 2.45) is 5.73 Å². The Morgan fingerprint density at radius 1 is 0.902 bits per heavy atom. The van der Waals surface area contributed by atoms with Crippen LogP contribution in [0.1, 0.15) is 69.6 Å². The van der Waals surface area contributed by atoms with Crippen molar-refractivity contribution in [2.45, 2.75) is 37.1 Å². The molecule has 14 nitrogen and oxygen atoms in total. The molecular weight excluding hydrogens is 697 g/mol. The van der Waals surface area contributed by atoms with E-state index in [0.29, 0.717) is 64.4 Å². The van der Waals surface area contributed by atoms with Crippen molar-refractivity contribution in [1.82, 2.24) is 10.6 Å². The van der Waals surface area contributed by atoms with Crippen LogP contribution < -0.4 is 26.4 Å². The standard InChI is InChI=1S/C35H34N5O9PS/c36-31(37)19-5-7-20(8-6-19)32(50(45,46)47)40-30(43)4-2-1-3-15-38-34(51)39-21-9-12-25-24(16-21)33(44)49-35(25)26-13-10-22(41)17-28(26)48-29-18-23(42)11-14-27(29)35/h5-14,16-18,32,41-42H,1-4,15H2,(H3,36,37)(H,40,43)(H2,38,39,51)(H2,45,46,47). The van der Waals surface area contributed by atoms with E-state index >= 15 is 0 Å². The highest BCUT2D eigenvalue weighted by Gasteiger charge is 2.53. The number of hydrogen-bond donors (Lipinski definition) is 9. The fraction of sp³-hybridized carbons (Fsp3) is 0.200. The van der Waals surface area contributed by atoms with Crippen molar-refractivity contribution in [3.63, 3.8) is 0 Å². The molecule has 2 heterocycles. The maximum atomic E-state index is 13.3. The molecule has 51 heavy (non-hydrogen) atoms. The second-order valence-electron chi connectivity index (χ2n) is 12.1. The summed E-state index contributed by atoms with van der Waals surface area (Å²) in [5, 5.41) is 36.6. The number of thiocarbonyl (C=S) groups is 1. The summed E-state index contributed by atoms with van der Waals surface area (Å²) in [6, 6.07) is 20.0. The number of nitrogens with one attached hydrogen (secondary N) is 4. The number of amides is 1. The predicted octanol–water partition coefficient (Wildman–Crippen LogP) is 4.79. The number of anilines is 1. The molecule has 4 aromatic carbocycles. The van der Waals surface area contributed by atoms with Gasteiger partial charge in [-0.2, -0.15) is 0 Å². The predicted molar refractivity (Wildman–Crippen MR) is 191 cm³/mol. The first kappa shape index (κ1) is 35.4. The van der Waals surface area contributed by atoms with Crippen LogP contribution in [0.15, 0.2) is 78.9 Å². The van der Waals surface area contributed by atoms with Crippen LogP contribution in [0.2, 0.25) is 0 Å². The van der Waals surface area contributed by atoms with Crippen molar-refractivity contribution in [3.8, 4) is 23.0 Å². The van der Waals surface area contributed by atoms with Crippen LogP contribution in [0.25, 0.3) is 0 Å². The van der Waals surface area contributed by atoms with Crippen LogP contribution in [0, 0.1) is 5.41 Å². The molecule has 0 radical (unpaired) electrons. The van der Waals surface area contributed by atoms with Gasteiger partial charge in [-0.15, -0.1) is 0 Å². The highest BCUT2D eigenvalue weighted by atomic mass is 32.1. The van der Waals surface area contributed by atoms with Gasteiger partial charge in [-0.1, -0.05) is 36.8 Å². The molecule has 1 atom stereocenters. The van der Waals surface area contributed by atoms with Crippen molar-refractivity contribution in [2.75, 3.05) is 11.9 Å². The Morgan fingerprint density at radius 3 is 2.14 bits per heavy atom. The van der Waals surface area contributed by atoms with Gasteiger partial charge in [-0.3, -0.25) is 14.8 Å². The molecular formula is C35H34N5O9PS. The minimum absolute atomic E-state index is 0.0372. The molecule has 2 aliphatic rings. The number of ether oxygens (including phenoxy) is 2. The van der Waals surface area contributed by atoms with E-state index in [2.05, 4.69) is 16.0 Å². The quantitative estimate of drug-likeness (QED) is 0.0252. The van der Waals surface area contributed by atoms with Gasteiger partial charge >= 0.3 is 13.6 Å². The van der Waals surface area contributed by atoms with Gasteiger partial charge < -0.3 is 51.2 Å². The third-order valence-corrected chi connectivity index (χ3v) is 9.92. The fourth-order valence-corrected chi connectivity index (χ4v) is 7.27. The van der Waals surface area contributed by atoms with Gasteiger partial charge in [0, 0.05) is 53.0 Å². The number of unbranched alkanes of at least 4 members (excludes halogenated alkanes) is 2. The Kier molecular flexibility index (Phi) is 9.73. The van der Waals surface area contributed by atoms with E-state index in [0.717, 1.165) is 0 Å². The molecule has 0 aliphatic carbocycles. The number of fused-ring (bicyclic) bond motifs is 6. The zero-order valence-corrected chi connectivity index (χ0v) is 28.6. The molecule has 10 N–H and O–H groups in total. The van der Waals surface area contributed by atoms with E-state index < -0.39 is 30.9 Å². The number of carbonyl (C=O) groups is 2. The molecule has 1 amide bonds. The maximum absolute atomic E-state index is 13.3. The average Bonchev–Trinajstić information content (AvgIpc) is 3.35. The Bertz CT molecular complexity index is 2050. The second kappa shape index (κ2) is 14.0. The Hall–Kier alpha value is -5.47. The molecule has 6 rings (SSSR count). The molecule has 2 aliphatic heterocycles. The van der Waals surface area contributed by atoms with Crippen molar-refractivity contribution in [3.05, 3.63) is 112 Å². The monoisotopic (exact) mass is 731 g/mol. The van der Waals surface area contributed by atoms with E-state index in [1.165, 1.54) is 48.5 Å². The molecule has 264 valence electrons. The maximum Gasteiger partial charge on any atom is 0.352 e. The van der Waals surface area contributed by atoms with Crippen LogP contribution in [0.5, 0.6) is 23.0 Å². The van der Waals surface area contributed by atoms with E-state index in [1.807, 2.05) is 0 Å². The van der Waals surface area contributed by atoms with Gasteiger partial charge in [-0.05, 0) is 67.0 Å². The Morgan fingerprint density at radius 2 is 1.53 bits per heavy atom. The van der Waals surface area contributed by atoms with Crippen molar-refractivity contribution in [1.29, 1.82) is 5.41 Å². The number of phenolic OH excluding ortho intramolecular Hbond substituents is 2. The summed E-state index contributed by atoms with van der Waals surface area (Å²) in [6.45, 7) is 0.477. The van der Waals surface area contributed by atoms with Gasteiger partial charge in [0.15, 0.2) is 16.5 Å². The largest absolute Gasteiger partial charge is 0.508 e. The number of phenols is 2. The number of nitrogen functional groups attached to an aromatic ring is 1. The van der Waals surface area contributed by atoms with Crippen molar-refractivity contribution < 1.29 is 43.6 Å². The summed E-state index contributed by atoms with van der Waals surface area (Å²) in [5.74, 6) is -2.30. The lowest BCUT2D eigenvalue weighted by atomic mass is 9.77. The topological polar surface area (TPSA) is 237 Å². The van der Waals surface area contributed by atoms with Crippen LogP contribution in [-0.4, -0.2) is 49.4 Å². The highest BCUT2D eigenvalue weighted by Crippen LogP contribution is 2.57. The lowest BCUT2D eigenvalue weighted by Crippen LogP contribution is -2.33. The summed E-state index contributed by atoms with van der Waals surface area (Å²) in [6.07, 6.45) is 1.80. The number of nitrogens with two attached hydrogens (primary N) is 1. The van der Waals surface area contributed by atoms with Crippen LogP contribution in [-0.2, 0) is 19.7 Å². The van der Waals surface area contributed by atoms with Crippen LogP contribution >= 0.6 is 19.8 Å². The summed E-state index contributed by atoms with van der Waals surface area (Å²) in [7, 11) is -4.72. The molecule has 0 saturated heterocycles. The number of amidine groups is 1. The van der Waals surface area contributed by atoms with Crippen LogP contribution in [0.4, 0.5) is 5.69 Å². The molecule has 0 aromatic heterocycles. The molecule has 0 fully saturated rings. The normalized spacial score (nSPS) is 14.3. The number of rotatable bonds is 11. The number of aromatic hydroxyl groups is 2. The molecule has 1 spiro atoms. The summed E-state index contributed by atoms with van der Waals surface area (Å²) in [5.41, 5.74) is 7.09. The lowest BCUT2D eigenvalue weighted by Gasteiger charge is -2.36. The third-order valence-electron chi connectivity index (χ3n) is 8.57. The zero-order valence-electron chi connectivity index (χ0n) is 26.9. The molecule has 0 saturated carbocycles. The summed E-state index contributed by atoms with van der Waals surface area (Å²) in [4.78, 5) is 45.5. The van der Waals surface area contributed by atoms with E-state index in [-0.39, 0.29) is 40.8 Å². The molecule has 4 aromatic rings. The van der Waals surface area contributed by atoms with E-state index in [9.17, 15) is 34.2 Å². The minimum atomic E-state index is -4.72. The summed E-state index contributed by atoms with van der Waals surface area (Å²) >= 11 is 5.45. The first-order chi connectivity index (χ1) is 24.3.